The average Bonchev–Trinajstić information content (AvgIpc) is 2.78. The van der Waals surface area contributed by atoms with Crippen LogP contribution in [0, 0.1) is 0 Å². The molecule has 1 aromatic heterocycles. The summed E-state index contributed by atoms with van der Waals surface area (Å²) in [5.41, 5.74) is 2.54. The lowest BCUT2D eigenvalue weighted by atomic mass is 10.1. The summed E-state index contributed by atoms with van der Waals surface area (Å²) in [6, 6.07) is 4.18. The fourth-order valence-corrected chi connectivity index (χ4v) is 1.41. The van der Waals surface area contributed by atoms with Gasteiger partial charge in [-0.3, -0.25) is 10.4 Å². The third kappa shape index (κ3) is 4.35. The molecule has 0 aliphatic rings. The van der Waals surface area contributed by atoms with Gasteiger partial charge in [0.25, 0.3) is 0 Å². The molecule has 16 heavy (non-hydrogen) atoms. The van der Waals surface area contributed by atoms with Crippen molar-refractivity contribution < 1.29 is 4.42 Å². The van der Waals surface area contributed by atoms with Crippen molar-refractivity contribution in [3.8, 4) is 0 Å². The van der Waals surface area contributed by atoms with Crippen LogP contribution in [0.1, 0.15) is 26.0 Å². The van der Waals surface area contributed by atoms with Gasteiger partial charge in [-0.25, -0.2) is 5.84 Å². The SMILES string of the molecule is CCN=C(NN)NC(C)CCc1ccco1. The molecular weight excluding hydrogens is 204 g/mol. The first-order valence-electron chi connectivity index (χ1n) is 5.56. The van der Waals surface area contributed by atoms with E-state index in [0.717, 1.165) is 18.6 Å². The van der Waals surface area contributed by atoms with Gasteiger partial charge in [-0.1, -0.05) is 0 Å². The minimum absolute atomic E-state index is 0.298. The summed E-state index contributed by atoms with van der Waals surface area (Å²) in [5.74, 6) is 6.97. The van der Waals surface area contributed by atoms with Crippen LogP contribution in [-0.4, -0.2) is 18.5 Å². The van der Waals surface area contributed by atoms with E-state index in [0.29, 0.717) is 18.5 Å². The second-order valence-electron chi connectivity index (χ2n) is 3.63. The van der Waals surface area contributed by atoms with Crippen LogP contribution in [0.3, 0.4) is 0 Å². The van der Waals surface area contributed by atoms with Crippen molar-refractivity contribution in [2.24, 2.45) is 10.8 Å². The highest BCUT2D eigenvalue weighted by atomic mass is 16.3. The summed E-state index contributed by atoms with van der Waals surface area (Å²) in [6.07, 6.45) is 3.57. The van der Waals surface area contributed by atoms with E-state index in [1.165, 1.54) is 0 Å². The molecular formula is C11H20N4O. The standard InChI is InChI=1S/C11H20N4O/c1-3-13-11(15-12)14-9(2)6-7-10-5-4-8-16-10/h4-5,8-9H,3,6-7,12H2,1-2H3,(H2,13,14,15). The maximum Gasteiger partial charge on any atom is 0.205 e. The van der Waals surface area contributed by atoms with Crippen LogP contribution in [0.5, 0.6) is 0 Å². The van der Waals surface area contributed by atoms with Crippen molar-refractivity contribution in [2.45, 2.75) is 32.7 Å². The normalized spacial score (nSPS) is 13.6. The molecule has 0 fully saturated rings. The molecule has 5 nitrogen and oxygen atoms in total. The van der Waals surface area contributed by atoms with Crippen molar-refractivity contribution in [3.05, 3.63) is 24.2 Å². The van der Waals surface area contributed by atoms with Crippen molar-refractivity contribution in [1.29, 1.82) is 0 Å². The molecule has 1 rings (SSSR count). The van der Waals surface area contributed by atoms with Crippen LogP contribution in [0.2, 0.25) is 0 Å². The summed E-state index contributed by atoms with van der Waals surface area (Å²) in [6.45, 7) is 4.76. The molecule has 0 spiro atoms. The summed E-state index contributed by atoms with van der Waals surface area (Å²) < 4.78 is 5.26. The first-order valence-corrected chi connectivity index (χ1v) is 5.56. The van der Waals surface area contributed by atoms with Gasteiger partial charge in [0.15, 0.2) is 0 Å². The number of nitrogens with two attached hydrogens (primary N) is 1. The van der Waals surface area contributed by atoms with Crippen LogP contribution >= 0.6 is 0 Å². The summed E-state index contributed by atoms with van der Waals surface area (Å²) in [5, 5.41) is 3.20. The highest BCUT2D eigenvalue weighted by molar-refractivity contribution is 5.79. The van der Waals surface area contributed by atoms with Gasteiger partial charge in [-0.2, -0.15) is 0 Å². The molecule has 1 aromatic rings. The zero-order chi connectivity index (χ0) is 11.8. The Balaban J connectivity index is 2.29. The number of hydrogen-bond acceptors (Lipinski definition) is 3. The molecule has 5 heteroatoms. The van der Waals surface area contributed by atoms with Crippen LogP contribution in [0.4, 0.5) is 0 Å². The number of nitrogens with one attached hydrogen (secondary N) is 2. The predicted octanol–water partition coefficient (Wildman–Crippen LogP) is 1.03. The number of nitrogens with zero attached hydrogens (tertiary/aromatic N) is 1. The molecule has 0 aliphatic heterocycles. The lowest BCUT2D eigenvalue weighted by Gasteiger charge is -2.15. The second-order valence-corrected chi connectivity index (χ2v) is 3.63. The molecule has 1 heterocycles. The number of furan rings is 1. The van der Waals surface area contributed by atoms with E-state index in [1.54, 1.807) is 6.26 Å². The Hall–Kier alpha value is -1.49. The Morgan fingerprint density at radius 2 is 2.44 bits per heavy atom. The zero-order valence-corrected chi connectivity index (χ0v) is 9.86. The topological polar surface area (TPSA) is 75.6 Å². The molecule has 0 aromatic carbocycles. The molecule has 90 valence electrons. The van der Waals surface area contributed by atoms with Gasteiger partial charge in [-0.15, -0.1) is 0 Å². The molecule has 0 bridgehead atoms. The van der Waals surface area contributed by atoms with Gasteiger partial charge >= 0.3 is 0 Å². The first-order chi connectivity index (χ1) is 7.76. The molecule has 0 radical (unpaired) electrons. The van der Waals surface area contributed by atoms with E-state index in [2.05, 4.69) is 22.7 Å². The maximum absolute atomic E-state index is 5.34. The van der Waals surface area contributed by atoms with Crippen molar-refractivity contribution in [1.82, 2.24) is 10.7 Å². The van der Waals surface area contributed by atoms with E-state index in [-0.39, 0.29) is 0 Å². The third-order valence-corrected chi connectivity index (χ3v) is 2.24. The lowest BCUT2D eigenvalue weighted by Crippen LogP contribution is -2.45. The fraction of sp³-hybridized carbons (Fsp3) is 0.545. The van der Waals surface area contributed by atoms with E-state index in [9.17, 15) is 0 Å². The van der Waals surface area contributed by atoms with E-state index >= 15 is 0 Å². The highest BCUT2D eigenvalue weighted by Gasteiger charge is 2.05. The summed E-state index contributed by atoms with van der Waals surface area (Å²) in [4.78, 5) is 4.17. The Labute approximate surface area is 96.1 Å². The van der Waals surface area contributed by atoms with E-state index < -0.39 is 0 Å². The highest BCUT2D eigenvalue weighted by Crippen LogP contribution is 2.05. The number of hydrogen-bond donors (Lipinski definition) is 3. The van der Waals surface area contributed by atoms with Gasteiger partial charge in [-0.05, 0) is 32.4 Å². The zero-order valence-electron chi connectivity index (χ0n) is 9.86. The second kappa shape index (κ2) is 6.90. The third-order valence-electron chi connectivity index (χ3n) is 2.24. The van der Waals surface area contributed by atoms with Crippen molar-refractivity contribution >= 4 is 5.96 Å². The van der Waals surface area contributed by atoms with Crippen molar-refractivity contribution in [2.75, 3.05) is 6.54 Å². The van der Waals surface area contributed by atoms with Gasteiger partial charge in [0.1, 0.15) is 5.76 Å². The predicted molar refractivity (Wildman–Crippen MR) is 64.9 cm³/mol. The Morgan fingerprint density at radius 1 is 1.62 bits per heavy atom. The van der Waals surface area contributed by atoms with Crippen LogP contribution in [-0.2, 0) is 6.42 Å². The molecule has 1 atom stereocenters. The molecule has 0 saturated carbocycles. The lowest BCUT2D eigenvalue weighted by molar-refractivity contribution is 0.481. The minimum atomic E-state index is 0.298. The van der Waals surface area contributed by atoms with Gasteiger partial charge in [0, 0.05) is 19.0 Å². The smallest absolute Gasteiger partial charge is 0.205 e. The van der Waals surface area contributed by atoms with E-state index in [4.69, 9.17) is 10.3 Å². The van der Waals surface area contributed by atoms with Gasteiger partial charge < -0.3 is 9.73 Å². The van der Waals surface area contributed by atoms with Crippen molar-refractivity contribution in [3.63, 3.8) is 0 Å². The summed E-state index contributed by atoms with van der Waals surface area (Å²) in [7, 11) is 0. The first kappa shape index (κ1) is 12.6. The fourth-order valence-electron chi connectivity index (χ4n) is 1.41. The van der Waals surface area contributed by atoms with Gasteiger partial charge in [0.05, 0.1) is 6.26 Å². The number of aliphatic imine (C=N–C) groups is 1. The molecule has 1 unspecified atom stereocenters. The maximum atomic E-state index is 5.34. The van der Waals surface area contributed by atoms with E-state index in [1.807, 2.05) is 19.1 Å². The number of hydrazine groups is 1. The molecule has 0 aliphatic carbocycles. The van der Waals surface area contributed by atoms with Crippen LogP contribution < -0.4 is 16.6 Å². The summed E-state index contributed by atoms with van der Waals surface area (Å²) >= 11 is 0. The van der Waals surface area contributed by atoms with Crippen LogP contribution in [0.25, 0.3) is 0 Å². The minimum Gasteiger partial charge on any atom is -0.469 e. The largest absolute Gasteiger partial charge is 0.469 e. The molecule has 4 N–H and O–H groups in total. The van der Waals surface area contributed by atoms with Gasteiger partial charge in [0.2, 0.25) is 5.96 Å². The molecule has 0 amide bonds. The average molecular weight is 224 g/mol. The number of rotatable bonds is 5. The van der Waals surface area contributed by atoms with Crippen LogP contribution in [0.15, 0.2) is 27.8 Å². The quantitative estimate of drug-likeness (QED) is 0.302. The number of aryl methyl sites for hydroxylation is 1. The Kier molecular flexibility index (Phi) is 5.42. The monoisotopic (exact) mass is 224 g/mol. The molecule has 0 saturated heterocycles. The number of guanidine groups is 1. The Bertz CT molecular complexity index is 308. The Morgan fingerprint density at radius 3 is 3.00 bits per heavy atom.